The largest absolute Gasteiger partial charge is 0.394 e. The van der Waals surface area contributed by atoms with Gasteiger partial charge in [0.2, 0.25) is 0 Å². The third-order valence-electron chi connectivity index (χ3n) is 3.39. The molecule has 0 aliphatic rings. The molecule has 0 aliphatic heterocycles. The summed E-state index contributed by atoms with van der Waals surface area (Å²) in [6.07, 6.45) is -0.763. The molecule has 2 aromatic carbocycles. The predicted molar refractivity (Wildman–Crippen MR) is 87.9 cm³/mol. The molecule has 0 saturated heterocycles. The van der Waals surface area contributed by atoms with Crippen molar-refractivity contribution in [3.05, 3.63) is 45.3 Å². The van der Waals surface area contributed by atoms with Gasteiger partial charge < -0.3 is 14.8 Å². The maximum atomic E-state index is 9.77. The second-order valence-corrected chi connectivity index (χ2v) is 6.60. The van der Waals surface area contributed by atoms with Crippen molar-refractivity contribution in [1.82, 2.24) is 4.57 Å². The van der Waals surface area contributed by atoms with E-state index in [1.807, 2.05) is 28.8 Å². The van der Waals surface area contributed by atoms with Gasteiger partial charge in [0.1, 0.15) is 0 Å². The highest BCUT2D eigenvalue weighted by Crippen LogP contribution is 2.33. The summed E-state index contributed by atoms with van der Waals surface area (Å²) in [4.78, 5) is 0. The van der Waals surface area contributed by atoms with Crippen LogP contribution in [-0.4, -0.2) is 27.5 Å². The average molecular weight is 399 g/mol. The molecule has 0 aliphatic carbocycles. The van der Waals surface area contributed by atoms with Crippen LogP contribution in [-0.2, 0) is 6.54 Å². The Hall–Kier alpha value is -0.880. The molecule has 0 saturated carbocycles. The zero-order valence-electron chi connectivity index (χ0n) is 10.6. The minimum atomic E-state index is -0.763. The Labute approximate surface area is 133 Å². The summed E-state index contributed by atoms with van der Waals surface area (Å²) in [7, 11) is 0. The number of benzene rings is 2. The summed E-state index contributed by atoms with van der Waals surface area (Å²) in [5, 5.41) is 21.1. The molecule has 0 radical (unpaired) electrons. The summed E-state index contributed by atoms with van der Waals surface area (Å²) in [6.45, 7) is 0.133. The molecule has 1 heterocycles. The summed E-state index contributed by atoms with van der Waals surface area (Å²) >= 11 is 7.00. The van der Waals surface area contributed by atoms with E-state index >= 15 is 0 Å². The lowest BCUT2D eigenvalue weighted by atomic mass is 10.2. The van der Waals surface area contributed by atoms with Crippen molar-refractivity contribution in [3.63, 3.8) is 0 Å². The highest BCUT2D eigenvalue weighted by Gasteiger charge is 2.13. The van der Waals surface area contributed by atoms with E-state index in [1.54, 1.807) is 0 Å². The Morgan fingerprint density at radius 2 is 1.45 bits per heavy atom. The number of hydrogen-bond donors (Lipinski definition) is 2. The highest BCUT2D eigenvalue weighted by atomic mass is 79.9. The first kappa shape index (κ1) is 14.1. The topological polar surface area (TPSA) is 45.4 Å². The van der Waals surface area contributed by atoms with Crippen molar-refractivity contribution in [2.75, 3.05) is 6.61 Å². The molecule has 0 amide bonds. The normalized spacial score (nSPS) is 13.2. The number of aliphatic hydroxyl groups is 2. The maximum absolute atomic E-state index is 9.77. The minimum Gasteiger partial charge on any atom is -0.394 e. The first-order chi connectivity index (χ1) is 9.60. The molecule has 104 valence electrons. The van der Waals surface area contributed by atoms with E-state index in [4.69, 9.17) is 5.11 Å². The third-order valence-corrected chi connectivity index (χ3v) is 4.38. The molecule has 2 N–H and O–H groups in total. The van der Waals surface area contributed by atoms with Crippen LogP contribution < -0.4 is 0 Å². The van der Waals surface area contributed by atoms with Gasteiger partial charge in [0.05, 0.1) is 19.3 Å². The van der Waals surface area contributed by atoms with Gasteiger partial charge in [-0.2, -0.15) is 0 Å². The van der Waals surface area contributed by atoms with Gasteiger partial charge in [-0.15, -0.1) is 0 Å². The zero-order chi connectivity index (χ0) is 14.3. The van der Waals surface area contributed by atoms with E-state index < -0.39 is 6.10 Å². The Balaban J connectivity index is 2.34. The second kappa shape index (κ2) is 5.48. The number of fused-ring (bicyclic) bond motifs is 3. The maximum Gasteiger partial charge on any atom is 0.0949 e. The molecule has 3 rings (SSSR count). The molecule has 5 heteroatoms. The van der Waals surface area contributed by atoms with Crippen LogP contribution >= 0.6 is 31.9 Å². The molecular weight excluding hydrogens is 386 g/mol. The molecule has 1 aromatic heterocycles. The van der Waals surface area contributed by atoms with Crippen molar-refractivity contribution >= 4 is 53.7 Å². The summed E-state index contributed by atoms with van der Waals surface area (Å²) < 4.78 is 4.09. The van der Waals surface area contributed by atoms with Crippen molar-refractivity contribution < 1.29 is 10.2 Å². The van der Waals surface area contributed by atoms with Crippen molar-refractivity contribution in [1.29, 1.82) is 0 Å². The fraction of sp³-hybridized carbons (Fsp3) is 0.200. The second-order valence-electron chi connectivity index (χ2n) is 4.77. The van der Waals surface area contributed by atoms with Gasteiger partial charge in [0.25, 0.3) is 0 Å². The number of aromatic nitrogens is 1. The van der Waals surface area contributed by atoms with Crippen molar-refractivity contribution in [3.8, 4) is 0 Å². The molecule has 0 spiro atoms. The first-order valence-corrected chi connectivity index (χ1v) is 7.84. The van der Waals surface area contributed by atoms with Gasteiger partial charge >= 0.3 is 0 Å². The van der Waals surface area contributed by atoms with Crippen LogP contribution in [0.25, 0.3) is 21.8 Å². The standard InChI is InChI=1S/C15H13Br2NO2/c16-9-1-3-14-12(5-9)13-6-10(17)2-4-15(13)18(14)7-11(20)8-19/h1-6,11,19-20H,7-8H2/t11-/m0/s1. The van der Waals surface area contributed by atoms with Gasteiger partial charge in [-0.1, -0.05) is 31.9 Å². The van der Waals surface area contributed by atoms with Crippen LogP contribution in [0.5, 0.6) is 0 Å². The van der Waals surface area contributed by atoms with Crippen LogP contribution in [0, 0.1) is 0 Å². The van der Waals surface area contributed by atoms with Crippen LogP contribution in [0.2, 0.25) is 0 Å². The summed E-state index contributed by atoms with van der Waals surface area (Å²) in [5.41, 5.74) is 2.10. The molecule has 3 nitrogen and oxygen atoms in total. The van der Waals surface area contributed by atoms with Crippen LogP contribution in [0.15, 0.2) is 45.3 Å². The van der Waals surface area contributed by atoms with Crippen LogP contribution in [0.3, 0.4) is 0 Å². The van der Waals surface area contributed by atoms with Crippen molar-refractivity contribution in [2.24, 2.45) is 0 Å². The van der Waals surface area contributed by atoms with E-state index in [0.29, 0.717) is 6.54 Å². The molecule has 0 fully saturated rings. The predicted octanol–water partition coefficient (Wildman–Crippen LogP) is 3.67. The number of halogens is 2. The third kappa shape index (κ3) is 2.39. The highest BCUT2D eigenvalue weighted by molar-refractivity contribution is 9.10. The molecule has 1 atom stereocenters. The SMILES string of the molecule is OC[C@@H](O)Cn1c2ccc(Br)cc2c2cc(Br)ccc21. The lowest BCUT2D eigenvalue weighted by Gasteiger charge is -2.11. The summed E-state index contributed by atoms with van der Waals surface area (Å²) in [6, 6.07) is 12.2. The average Bonchev–Trinajstić information content (AvgIpc) is 2.72. The molecule has 20 heavy (non-hydrogen) atoms. The Bertz CT molecular complexity index is 723. The molecule has 0 bridgehead atoms. The van der Waals surface area contributed by atoms with Gasteiger partial charge in [0.15, 0.2) is 0 Å². The lowest BCUT2D eigenvalue weighted by Crippen LogP contribution is -2.19. The van der Waals surface area contributed by atoms with Gasteiger partial charge in [-0.3, -0.25) is 0 Å². The number of nitrogens with zero attached hydrogens (tertiary/aromatic N) is 1. The number of hydrogen-bond acceptors (Lipinski definition) is 2. The zero-order valence-corrected chi connectivity index (χ0v) is 13.7. The number of aliphatic hydroxyl groups excluding tert-OH is 2. The number of rotatable bonds is 3. The molecule has 3 aromatic rings. The Morgan fingerprint density at radius 1 is 0.950 bits per heavy atom. The van der Waals surface area contributed by atoms with E-state index in [0.717, 1.165) is 30.8 Å². The van der Waals surface area contributed by atoms with Crippen LogP contribution in [0.4, 0.5) is 0 Å². The molecule has 0 unspecified atom stereocenters. The lowest BCUT2D eigenvalue weighted by molar-refractivity contribution is 0.0831. The Morgan fingerprint density at radius 3 is 1.90 bits per heavy atom. The van der Waals surface area contributed by atoms with Crippen molar-refractivity contribution in [2.45, 2.75) is 12.6 Å². The van der Waals surface area contributed by atoms with E-state index in [1.165, 1.54) is 0 Å². The van der Waals surface area contributed by atoms with Gasteiger partial charge in [-0.05, 0) is 36.4 Å². The summed E-state index contributed by atoms with van der Waals surface area (Å²) in [5.74, 6) is 0. The van der Waals surface area contributed by atoms with E-state index in [9.17, 15) is 5.11 Å². The smallest absolute Gasteiger partial charge is 0.0949 e. The quantitative estimate of drug-likeness (QED) is 0.706. The fourth-order valence-electron chi connectivity index (χ4n) is 2.51. The monoisotopic (exact) mass is 397 g/mol. The first-order valence-electron chi connectivity index (χ1n) is 6.26. The molecular formula is C15H13Br2NO2. The van der Waals surface area contributed by atoms with Gasteiger partial charge in [-0.25, -0.2) is 0 Å². The Kier molecular flexibility index (Phi) is 3.86. The van der Waals surface area contributed by atoms with E-state index in [-0.39, 0.29) is 6.61 Å². The fourth-order valence-corrected chi connectivity index (χ4v) is 3.24. The van der Waals surface area contributed by atoms with Gasteiger partial charge in [0, 0.05) is 30.8 Å². The van der Waals surface area contributed by atoms with Crippen LogP contribution in [0.1, 0.15) is 0 Å². The minimum absolute atomic E-state index is 0.242. The van der Waals surface area contributed by atoms with E-state index in [2.05, 4.69) is 44.0 Å².